The van der Waals surface area contributed by atoms with E-state index in [-0.39, 0.29) is 0 Å². The fourth-order valence-corrected chi connectivity index (χ4v) is 2.39. The normalized spacial score (nSPS) is 18.1. The molecule has 0 N–H and O–H groups in total. The first-order valence-corrected chi connectivity index (χ1v) is 5.88. The van der Waals surface area contributed by atoms with E-state index in [2.05, 4.69) is 6.07 Å². The minimum atomic E-state index is 0.422. The first-order chi connectivity index (χ1) is 7.25. The van der Waals surface area contributed by atoms with Gasteiger partial charge in [-0.2, -0.15) is 0 Å². The van der Waals surface area contributed by atoms with Gasteiger partial charge in [-0.1, -0.05) is 29.8 Å². The number of carbonyl (C=O) groups excluding carboxylic acids is 1. The summed E-state index contributed by atoms with van der Waals surface area (Å²) in [7, 11) is 0. The zero-order chi connectivity index (χ0) is 10.7. The molecule has 1 aliphatic rings. The average Bonchev–Trinajstić information content (AvgIpc) is 2.25. The maximum Gasteiger partial charge on any atom is 0.132 e. The molecule has 1 saturated carbocycles. The summed E-state index contributed by atoms with van der Waals surface area (Å²) in [6.45, 7) is 0. The Morgan fingerprint density at radius 3 is 2.53 bits per heavy atom. The quantitative estimate of drug-likeness (QED) is 0.747. The number of hydrogen-bond acceptors (Lipinski definition) is 1. The Balaban J connectivity index is 1.97. The van der Waals surface area contributed by atoms with Crippen LogP contribution in [0.5, 0.6) is 0 Å². The third-order valence-corrected chi connectivity index (χ3v) is 3.50. The Hall–Kier alpha value is -0.820. The van der Waals surface area contributed by atoms with E-state index in [1.54, 1.807) is 0 Å². The van der Waals surface area contributed by atoms with E-state index in [9.17, 15) is 4.79 Å². The molecule has 0 amide bonds. The second-order valence-electron chi connectivity index (χ2n) is 4.28. The van der Waals surface area contributed by atoms with Crippen LogP contribution in [0.2, 0.25) is 5.02 Å². The molecule has 0 saturated heterocycles. The zero-order valence-corrected chi connectivity index (χ0v) is 9.46. The maximum atomic E-state index is 11.1. The highest BCUT2D eigenvalue weighted by Gasteiger charge is 2.19. The van der Waals surface area contributed by atoms with E-state index in [4.69, 9.17) is 11.6 Å². The van der Waals surface area contributed by atoms with Gasteiger partial charge in [0.2, 0.25) is 0 Å². The molecular formula is C13H15ClO. The van der Waals surface area contributed by atoms with Gasteiger partial charge in [0.05, 0.1) is 0 Å². The lowest BCUT2D eigenvalue weighted by atomic mass is 9.84. The topological polar surface area (TPSA) is 17.1 Å². The van der Waals surface area contributed by atoms with Crippen LogP contribution in [-0.2, 0) is 11.2 Å². The van der Waals surface area contributed by atoms with E-state index < -0.39 is 0 Å². The molecule has 0 aliphatic heterocycles. The van der Waals surface area contributed by atoms with E-state index >= 15 is 0 Å². The summed E-state index contributed by atoms with van der Waals surface area (Å²) in [6.07, 6.45) is 4.60. The maximum absolute atomic E-state index is 11.1. The molecule has 80 valence electrons. The van der Waals surface area contributed by atoms with Gasteiger partial charge in [0.25, 0.3) is 0 Å². The van der Waals surface area contributed by atoms with Gasteiger partial charge in [-0.05, 0) is 36.8 Å². The van der Waals surface area contributed by atoms with Crippen molar-refractivity contribution in [2.24, 2.45) is 5.92 Å². The van der Waals surface area contributed by atoms with Crippen molar-refractivity contribution >= 4 is 17.4 Å². The molecule has 0 radical (unpaired) electrons. The fourth-order valence-electron chi connectivity index (χ4n) is 2.18. The monoisotopic (exact) mass is 222 g/mol. The van der Waals surface area contributed by atoms with Crippen LogP contribution in [0, 0.1) is 5.92 Å². The summed E-state index contributed by atoms with van der Waals surface area (Å²) in [4.78, 5) is 11.1. The van der Waals surface area contributed by atoms with Crippen molar-refractivity contribution < 1.29 is 4.79 Å². The molecular weight excluding hydrogens is 208 g/mol. The summed E-state index contributed by atoms with van der Waals surface area (Å²) < 4.78 is 0. The second-order valence-corrected chi connectivity index (χ2v) is 4.68. The predicted octanol–water partition coefficient (Wildman–Crippen LogP) is 3.64. The number of ketones is 1. The van der Waals surface area contributed by atoms with Crippen molar-refractivity contribution in [2.75, 3.05) is 0 Å². The number of hydrogen-bond donors (Lipinski definition) is 0. The molecule has 2 heteroatoms. The molecule has 1 aliphatic carbocycles. The van der Waals surface area contributed by atoms with Crippen LogP contribution in [0.25, 0.3) is 0 Å². The lowest BCUT2D eigenvalue weighted by molar-refractivity contribution is -0.120. The molecule has 0 atom stereocenters. The van der Waals surface area contributed by atoms with Gasteiger partial charge < -0.3 is 0 Å². The average molecular weight is 223 g/mol. The third-order valence-electron chi connectivity index (χ3n) is 3.13. The number of Topliss-reactive ketones (excluding diaryl/α,β-unsaturated/α-hetero) is 1. The van der Waals surface area contributed by atoms with Crippen LogP contribution in [0.3, 0.4) is 0 Å². The smallest absolute Gasteiger partial charge is 0.132 e. The summed E-state index contributed by atoms with van der Waals surface area (Å²) in [6, 6.07) is 8.00. The molecule has 1 nitrogen and oxygen atoms in total. The summed E-state index contributed by atoms with van der Waals surface area (Å²) >= 11 is 6.11. The van der Waals surface area contributed by atoms with Crippen LogP contribution in [0.4, 0.5) is 0 Å². The predicted molar refractivity (Wildman–Crippen MR) is 62.1 cm³/mol. The van der Waals surface area contributed by atoms with Gasteiger partial charge in [-0.15, -0.1) is 0 Å². The molecule has 1 fully saturated rings. The Morgan fingerprint density at radius 1 is 1.20 bits per heavy atom. The highest BCUT2D eigenvalue weighted by Crippen LogP contribution is 2.27. The van der Waals surface area contributed by atoms with Crippen molar-refractivity contribution in [3.8, 4) is 0 Å². The van der Waals surface area contributed by atoms with Crippen LogP contribution < -0.4 is 0 Å². The first-order valence-electron chi connectivity index (χ1n) is 5.51. The summed E-state index contributed by atoms with van der Waals surface area (Å²) in [5.41, 5.74) is 1.22. The van der Waals surface area contributed by atoms with Gasteiger partial charge in [-0.3, -0.25) is 4.79 Å². The van der Waals surface area contributed by atoms with Crippen molar-refractivity contribution in [1.29, 1.82) is 0 Å². The van der Waals surface area contributed by atoms with Crippen molar-refractivity contribution in [3.05, 3.63) is 34.9 Å². The number of benzene rings is 1. The first kappa shape index (κ1) is 10.7. The molecule has 1 aromatic rings. The van der Waals surface area contributed by atoms with Crippen LogP contribution >= 0.6 is 11.6 Å². The molecule has 0 heterocycles. The van der Waals surface area contributed by atoms with Crippen molar-refractivity contribution in [2.45, 2.75) is 32.1 Å². The molecule has 15 heavy (non-hydrogen) atoms. The molecule has 1 aromatic carbocycles. The van der Waals surface area contributed by atoms with Crippen molar-refractivity contribution in [3.63, 3.8) is 0 Å². The Morgan fingerprint density at radius 2 is 1.87 bits per heavy atom. The molecule has 0 unspecified atom stereocenters. The Labute approximate surface area is 95.4 Å². The van der Waals surface area contributed by atoms with Crippen LogP contribution in [-0.4, -0.2) is 5.78 Å². The second kappa shape index (κ2) is 4.80. The zero-order valence-electron chi connectivity index (χ0n) is 8.71. The van der Waals surface area contributed by atoms with Crippen LogP contribution in [0.15, 0.2) is 24.3 Å². The number of carbonyl (C=O) groups is 1. The lowest BCUT2D eigenvalue weighted by Gasteiger charge is -2.21. The third kappa shape index (κ3) is 2.82. The molecule has 0 aromatic heterocycles. The van der Waals surface area contributed by atoms with E-state index in [1.165, 1.54) is 5.56 Å². The van der Waals surface area contributed by atoms with E-state index in [0.717, 1.165) is 37.1 Å². The van der Waals surface area contributed by atoms with Gasteiger partial charge in [-0.25, -0.2) is 0 Å². The van der Waals surface area contributed by atoms with Gasteiger partial charge >= 0.3 is 0 Å². The van der Waals surface area contributed by atoms with E-state index in [1.807, 2.05) is 18.2 Å². The SMILES string of the molecule is O=C1CCC(Cc2ccccc2Cl)CC1. The van der Waals surface area contributed by atoms with Gasteiger partial charge in [0.15, 0.2) is 0 Å². The summed E-state index contributed by atoms with van der Waals surface area (Å²) in [5, 5.41) is 0.856. The number of rotatable bonds is 2. The lowest BCUT2D eigenvalue weighted by Crippen LogP contribution is -2.15. The van der Waals surface area contributed by atoms with Crippen molar-refractivity contribution in [1.82, 2.24) is 0 Å². The van der Waals surface area contributed by atoms with Gasteiger partial charge in [0.1, 0.15) is 5.78 Å². The Bertz CT molecular complexity index is 349. The minimum absolute atomic E-state index is 0.422. The molecule has 0 spiro atoms. The highest BCUT2D eigenvalue weighted by atomic mass is 35.5. The van der Waals surface area contributed by atoms with Gasteiger partial charge in [0, 0.05) is 17.9 Å². The summed E-state index contributed by atoms with van der Waals surface area (Å²) in [5.74, 6) is 1.06. The Kier molecular flexibility index (Phi) is 3.42. The highest BCUT2D eigenvalue weighted by molar-refractivity contribution is 6.31. The fraction of sp³-hybridized carbons (Fsp3) is 0.462. The number of halogens is 1. The minimum Gasteiger partial charge on any atom is -0.300 e. The largest absolute Gasteiger partial charge is 0.300 e. The molecule has 2 rings (SSSR count). The van der Waals surface area contributed by atoms with E-state index in [0.29, 0.717) is 11.7 Å². The standard InChI is InChI=1S/C13H15ClO/c14-13-4-2-1-3-11(13)9-10-5-7-12(15)8-6-10/h1-4,10H,5-9H2. The van der Waals surface area contributed by atoms with Crippen LogP contribution in [0.1, 0.15) is 31.2 Å². The molecule has 0 bridgehead atoms.